The van der Waals surface area contributed by atoms with Crippen molar-refractivity contribution in [2.75, 3.05) is 7.11 Å². The molecule has 0 atom stereocenters. The van der Waals surface area contributed by atoms with Gasteiger partial charge in [0, 0.05) is 11.6 Å². The van der Waals surface area contributed by atoms with E-state index < -0.39 is 0 Å². The van der Waals surface area contributed by atoms with Gasteiger partial charge in [0.1, 0.15) is 5.75 Å². The molecule has 82 valence electrons. The first-order valence-electron chi connectivity index (χ1n) is 4.91. The summed E-state index contributed by atoms with van der Waals surface area (Å²) in [6, 6.07) is 7.73. The van der Waals surface area contributed by atoms with Gasteiger partial charge in [0.15, 0.2) is 5.82 Å². The number of aryl methyl sites for hydroxylation is 1. The van der Waals surface area contributed by atoms with E-state index in [1.54, 1.807) is 20.1 Å². The zero-order chi connectivity index (χ0) is 11.4. The second-order valence-corrected chi connectivity index (χ2v) is 3.26. The van der Waals surface area contributed by atoms with Crippen molar-refractivity contribution in [3.63, 3.8) is 0 Å². The van der Waals surface area contributed by atoms with Gasteiger partial charge in [0.25, 0.3) is 5.89 Å². The second-order valence-electron chi connectivity index (χ2n) is 3.26. The van der Waals surface area contributed by atoms with Gasteiger partial charge in [-0.2, -0.15) is 4.98 Å². The molecule has 0 N–H and O–H groups in total. The van der Waals surface area contributed by atoms with E-state index in [9.17, 15) is 0 Å². The molecule has 0 spiro atoms. The molecule has 2 aromatic rings. The van der Waals surface area contributed by atoms with Gasteiger partial charge in [-0.3, -0.25) is 0 Å². The molecule has 4 nitrogen and oxygen atoms in total. The summed E-state index contributed by atoms with van der Waals surface area (Å²) >= 11 is 0. The Kier molecular flexibility index (Phi) is 3.00. The van der Waals surface area contributed by atoms with E-state index in [0.29, 0.717) is 11.7 Å². The number of para-hydroxylation sites is 1. The molecule has 0 aliphatic rings. The van der Waals surface area contributed by atoms with Crippen molar-refractivity contribution in [2.45, 2.75) is 6.92 Å². The fourth-order valence-corrected chi connectivity index (χ4v) is 1.35. The number of nitrogens with zero attached hydrogens (tertiary/aromatic N) is 2. The van der Waals surface area contributed by atoms with Crippen molar-refractivity contribution in [3.8, 4) is 5.75 Å². The molecule has 0 aliphatic carbocycles. The highest BCUT2D eigenvalue weighted by Crippen LogP contribution is 2.19. The van der Waals surface area contributed by atoms with Gasteiger partial charge in [-0.15, -0.1) is 0 Å². The predicted molar refractivity (Wildman–Crippen MR) is 61.0 cm³/mol. The Morgan fingerprint density at radius 1 is 1.25 bits per heavy atom. The Morgan fingerprint density at radius 2 is 2.06 bits per heavy atom. The van der Waals surface area contributed by atoms with E-state index in [-0.39, 0.29) is 0 Å². The van der Waals surface area contributed by atoms with Crippen LogP contribution < -0.4 is 4.74 Å². The minimum absolute atomic E-state index is 0.489. The monoisotopic (exact) mass is 216 g/mol. The Morgan fingerprint density at radius 3 is 2.75 bits per heavy atom. The minimum atomic E-state index is 0.489. The molecule has 0 radical (unpaired) electrons. The quantitative estimate of drug-likeness (QED) is 0.791. The van der Waals surface area contributed by atoms with Crippen LogP contribution in [-0.2, 0) is 0 Å². The summed E-state index contributed by atoms with van der Waals surface area (Å²) < 4.78 is 10.2. The molecule has 0 unspecified atom stereocenters. The van der Waals surface area contributed by atoms with Gasteiger partial charge in [-0.05, 0) is 19.1 Å². The molecule has 4 heteroatoms. The first-order chi connectivity index (χ1) is 7.79. The molecule has 0 bridgehead atoms. The topological polar surface area (TPSA) is 48.2 Å². The van der Waals surface area contributed by atoms with Crippen molar-refractivity contribution in [1.82, 2.24) is 10.1 Å². The average molecular weight is 216 g/mol. The van der Waals surface area contributed by atoms with Gasteiger partial charge in [0.05, 0.1) is 7.11 Å². The van der Waals surface area contributed by atoms with Gasteiger partial charge in [0.2, 0.25) is 0 Å². The van der Waals surface area contributed by atoms with Gasteiger partial charge in [-0.25, -0.2) is 0 Å². The van der Waals surface area contributed by atoms with E-state index in [2.05, 4.69) is 10.1 Å². The summed E-state index contributed by atoms with van der Waals surface area (Å²) in [7, 11) is 1.64. The van der Waals surface area contributed by atoms with Crippen LogP contribution in [0.25, 0.3) is 12.2 Å². The van der Waals surface area contributed by atoms with Crippen molar-refractivity contribution in [3.05, 3.63) is 41.5 Å². The highest BCUT2D eigenvalue weighted by atomic mass is 16.5. The van der Waals surface area contributed by atoms with Gasteiger partial charge in [-0.1, -0.05) is 23.4 Å². The van der Waals surface area contributed by atoms with Crippen molar-refractivity contribution >= 4 is 12.2 Å². The number of hydrogen-bond acceptors (Lipinski definition) is 4. The van der Waals surface area contributed by atoms with Gasteiger partial charge < -0.3 is 9.26 Å². The van der Waals surface area contributed by atoms with Crippen molar-refractivity contribution in [1.29, 1.82) is 0 Å². The molecular weight excluding hydrogens is 204 g/mol. The van der Waals surface area contributed by atoms with Crippen LogP contribution in [0.3, 0.4) is 0 Å². The van der Waals surface area contributed by atoms with Crippen molar-refractivity contribution < 1.29 is 9.26 Å². The van der Waals surface area contributed by atoms with E-state index in [0.717, 1.165) is 11.3 Å². The van der Waals surface area contributed by atoms with Gasteiger partial charge >= 0.3 is 0 Å². The van der Waals surface area contributed by atoms with Crippen molar-refractivity contribution in [2.24, 2.45) is 0 Å². The smallest absolute Gasteiger partial charge is 0.250 e. The first-order valence-corrected chi connectivity index (χ1v) is 4.91. The second kappa shape index (κ2) is 4.61. The minimum Gasteiger partial charge on any atom is -0.496 e. The summed E-state index contributed by atoms with van der Waals surface area (Å²) in [5.74, 6) is 1.93. The molecular formula is C12H12N2O2. The lowest BCUT2D eigenvalue weighted by atomic mass is 10.2. The SMILES string of the molecule is COc1ccccc1C=Cc1nc(C)no1. The maximum Gasteiger partial charge on any atom is 0.250 e. The summed E-state index contributed by atoms with van der Waals surface area (Å²) in [6.45, 7) is 1.78. The lowest BCUT2D eigenvalue weighted by molar-refractivity contribution is 0.405. The third-order valence-electron chi connectivity index (χ3n) is 2.09. The van der Waals surface area contributed by atoms with Crippen LogP contribution in [0.5, 0.6) is 5.75 Å². The maximum atomic E-state index is 5.22. The number of aromatic nitrogens is 2. The zero-order valence-electron chi connectivity index (χ0n) is 9.18. The fourth-order valence-electron chi connectivity index (χ4n) is 1.35. The molecule has 0 amide bonds. The van der Waals surface area contributed by atoms with E-state index in [4.69, 9.17) is 9.26 Å². The molecule has 1 aromatic heterocycles. The van der Waals surface area contributed by atoms with Crippen LogP contribution in [0.15, 0.2) is 28.8 Å². The van der Waals surface area contributed by atoms with E-state index in [1.807, 2.05) is 30.3 Å². The Balaban J connectivity index is 2.23. The highest BCUT2D eigenvalue weighted by molar-refractivity contribution is 5.69. The predicted octanol–water partition coefficient (Wildman–Crippen LogP) is 2.56. The first kappa shape index (κ1) is 10.4. The third kappa shape index (κ3) is 2.28. The number of hydrogen-bond donors (Lipinski definition) is 0. The standard InChI is InChI=1S/C12H12N2O2/c1-9-13-12(16-14-9)8-7-10-5-3-4-6-11(10)15-2/h3-8H,1-2H3. The average Bonchev–Trinajstić information content (AvgIpc) is 2.73. The molecule has 1 heterocycles. The van der Waals surface area contributed by atoms with Crippen LogP contribution in [0.4, 0.5) is 0 Å². The van der Waals surface area contributed by atoms with E-state index in [1.165, 1.54) is 0 Å². The van der Waals surface area contributed by atoms with Crippen LogP contribution in [0.1, 0.15) is 17.3 Å². The molecule has 16 heavy (non-hydrogen) atoms. The molecule has 0 aliphatic heterocycles. The summed E-state index contributed by atoms with van der Waals surface area (Å²) in [4.78, 5) is 4.08. The number of rotatable bonds is 3. The Labute approximate surface area is 93.6 Å². The Hall–Kier alpha value is -2.10. The highest BCUT2D eigenvalue weighted by Gasteiger charge is 1.99. The molecule has 0 saturated heterocycles. The summed E-state index contributed by atoms with van der Waals surface area (Å²) in [5.41, 5.74) is 0.973. The molecule has 1 aromatic carbocycles. The van der Waals surface area contributed by atoms with Crippen LogP contribution in [0, 0.1) is 6.92 Å². The summed E-state index contributed by atoms with van der Waals surface area (Å²) in [6.07, 6.45) is 3.64. The number of ether oxygens (including phenoxy) is 1. The lowest BCUT2D eigenvalue weighted by Crippen LogP contribution is -1.85. The molecule has 0 saturated carbocycles. The largest absolute Gasteiger partial charge is 0.496 e. The Bertz CT molecular complexity index is 503. The fraction of sp³-hybridized carbons (Fsp3) is 0.167. The van der Waals surface area contributed by atoms with E-state index >= 15 is 0 Å². The molecule has 0 fully saturated rings. The van der Waals surface area contributed by atoms with Crippen LogP contribution >= 0.6 is 0 Å². The number of methoxy groups -OCH3 is 1. The molecule has 2 rings (SSSR count). The third-order valence-corrected chi connectivity index (χ3v) is 2.09. The lowest BCUT2D eigenvalue weighted by Gasteiger charge is -2.02. The zero-order valence-corrected chi connectivity index (χ0v) is 9.18. The normalized spacial score (nSPS) is 10.9. The summed E-state index contributed by atoms with van der Waals surface area (Å²) in [5, 5.41) is 3.70. The van der Waals surface area contributed by atoms with Crippen LogP contribution in [0.2, 0.25) is 0 Å². The van der Waals surface area contributed by atoms with Crippen LogP contribution in [-0.4, -0.2) is 17.3 Å². The maximum absolute atomic E-state index is 5.22. The number of benzene rings is 1.